The van der Waals surface area contributed by atoms with Crippen LogP contribution in [0.4, 0.5) is 0 Å². The van der Waals surface area contributed by atoms with Crippen LogP contribution in [0.3, 0.4) is 0 Å². The molecule has 0 bridgehead atoms. The van der Waals surface area contributed by atoms with Crippen molar-refractivity contribution in [3.63, 3.8) is 0 Å². The highest BCUT2D eigenvalue weighted by atomic mass is 35.5. The number of hydrogen-bond donors (Lipinski definition) is 2. The molecule has 0 amide bonds. The molecule has 1 saturated heterocycles. The van der Waals surface area contributed by atoms with E-state index in [0.717, 1.165) is 0 Å². The number of rotatable bonds is 1. The zero-order valence-corrected chi connectivity index (χ0v) is 8.16. The lowest BCUT2D eigenvalue weighted by Gasteiger charge is -2.09. The van der Waals surface area contributed by atoms with E-state index in [1.807, 2.05) is 0 Å². The van der Waals surface area contributed by atoms with E-state index in [0.29, 0.717) is 19.7 Å². The molecular weight excluding hydrogens is 204 g/mol. The van der Waals surface area contributed by atoms with E-state index in [-0.39, 0.29) is 19.0 Å². The normalized spacial score (nSPS) is 25.6. The Kier molecular flexibility index (Phi) is 5.03. The minimum absolute atomic E-state index is 0. The van der Waals surface area contributed by atoms with Crippen molar-refractivity contribution in [3.8, 4) is 0 Å². The maximum absolute atomic E-state index is 10.8. The van der Waals surface area contributed by atoms with Crippen molar-refractivity contribution in [1.29, 1.82) is 0 Å². The molecule has 1 fully saturated rings. The average Bonchev–Trinajstić information content (AvgIpc) is 2.10. The first-order valence-electron chi connectivity index (χ1n) is 3.41. The van der Waals surface area contributed by atoms with Crippen LogP contribution in [0.25, 0.3) is 0 Å². The van der Waals surface area contributed by atoms with E-state index in [1.165, 1.54) is 0 Å². The zero-order valence-electron chi connectivity index (χ0n) is 6.52. The van der Waals surface area contributed by atoms with Gasteiger partial charge in [-0.25, -0.2) is 13.6 Å². The van der Waals surface area contributed by atoms with Gasteiger partial charge in [-0.1, -0.05) is 0 Å². The quantitative estimate of drug-likeness (QED) is 0.570. The molecule has 7 heteroatoms. The molecule has 1 atom stereocenters. The van der Waals surface area contributed by atoms with Gasteiger partial charge in [-0.15, -0.1) is 12.4 Å². The topological polar surface area (TPSA) is 81.4 Å². The van der Waals surface area contributed by atoms with Gasteiger partial charge in [-0.2, -0.15) is 0 Å². The van der Waals surface area contributed by atoms with Crippen molar-refractivity contribution < 1.29 is 13.2 Å². The summed E-state index contributed by atoms with van der Waals surface area (Å²) in [6.45, 7) is 1.82. The molecule has 0 aromatic carbocycles. The summed E-state index contributed by atoms with van der Waals surface area (Å²) in [6, 6.07) is 0. The van der Waals surface area contributed by atoms with Gasteiger partial charge in [0.2, 0.25) is 10.0 Å². The minimum atomic E-state index is -3.44. The summed E-state index contributed by atoms with van der Waals surface area (Å²) in [5, 5.41) is 7.26. The fourth-order valence-corrected chi connectivity index (χ4v) is 1.53. The SMILES string of the molecule is Cl.NS(=O)(=O)C1CNCCOC1. The van der Waals surface area contributed by atoms with Crippen LogP contribution in [0, 0.1) is 0 Å². The Bertz CT molecular complexity index is 211. The van der Waals surface area contributed by atoms with Crippen molar-refractivity contribution in [3.05, 3.63) is 0 Å². The van der Waals surface area contributed by atoms with E-state index in [9.17, 15) is 8.42 Å². The maximum atomic E-state index is 10.8. The third kappa shape index (κ3) is 3.68. The Morgan fingerprint density at radius 1 is 1.50 bits per heavy atom. The number of hydrogen-bond acceptors (Lipinski definition) is 4. The summed E-state index contributed by atoms with van der Waals surface area (Å²) in [6.07, 6.45) is 0. The monoisotopic (exact) mass is 216 g/mol. The maximum Gasteiger partial charge on any atom is 0.215 e. The average molecular weight is 217 g/mol. The fourth-order valence-electron chi connectivity index (χ4n) is 0.892. The van der Waals surface area contributed by atoms with Crippen LogP contribution in [-0.4, -0.2) is 40.0 Å². The van der Waals surface area contributed by atoms with Crippen LogP contribution >= 0.6 is 12.4 Å². The van der Waals surface area contributed by atoms with E-state index < -0.39 is 15.3 Å². The lowest BCUT2D eigenvalue weighted by atomic mass is 10.4. The van der Waals surface area contributed by atoms with Gasteiger partial charge in [-0.3, -0.25) is 0 Å². The van der Waals surface area contributed by atoms with Crippen molar-refractivity contribution in [2.75, 3.05) is 26.3 Å². The molecule has 1 heterocycles. The first-order chi connectivity index (χ1) is 5.11. The summed E-state index contributed by atoms with van der Waals surface area (Å²) >= 11 is 0. The summed E-state index contributed by atoms with van der Waals surface area (Å²) < 4.78 is 26.6. The number of nitrogens with two attached hydrogens (primary N) is 1. The fraction of sp³-hybridized carbons (Fsp3) is 1.00. The van der Waals surface area contributed by atoms with Gasteiger partial charge in [0, 0.05) is 13.1 Å². The van der Waals surface area contributed by atoms with Gasteiger partial charge in [0.15, 0.2) is 0 Å². The second-order valence-corrected chi connectivity index (χ2v) is 4.33. The molecule has 0 radical (unpaired) electrons. The molecule has 0 saturated carbocycles. The highest BCUT2D eigenvalue weighted by Crippen LogP contribution is 1.98. The Labute approximate surface area is 78.1 Å². The zero-order chi connectivity index (χ0) is 8.32. The molecule has 0 aromatic heterocycles. The number of sulfonamides is 1. The Hall–Kier alpha value is 0.120. The number of primary sulfonamides is 1. The predicted octanol–water partition coefficient (Wildman–Crippen LogP) is -1.31. The highest BCUT2D eigenvalue weighted by molar-refractivity contribution is 7.89. The molecule has 1 rings (SSSR count). The van der Waals surface area contributed by atoms with Gasteiger partial charge < -0.3 is 10.1 Å². The second-order valence-electron chi connectivity index (χ2n) is 2.49. The third-order valence-corrected chi connectivity index (χ3v) is 2.80. The molecule has 1 unspecified atom stereocenters. The van der Waals surface area contributed by atoms with Gasteiger partial charge in [0.05, 0.1) is 13.2 Å². The Balaban J connectivity index is 0.00000121. The smallest absolute Gasteiger partial charge is 0.215 e. The van der Waals surface area contributed by atoms with E-state index in [1.54, 1.807) is 0 Å². The molecule has 0 aromatic rings. The minimum Gasteiger partial charge on any atom is -0.379 e. The van der Waals surface area contributed by atoms with Gasteiger partial charge in [0.1, 0.15) is 5.25 Å². The Morgan fingerprint density at radius 2 is 2.17 bits per heavy atom. The molecule has 3 N–H and O–H groups in total. The lowest BCUT2D eigenvalue weighted by Crippen LogP contribution is -2.38. The number of ether oxygens (including phenoxy) is 1. The van der Waals surface area contributed by atoms with Crippen LogP contribution in [-0.2, 0) is 14.8 Å². The molecule has 0 aliphatic carbocycles. The van der Waals surface area contributed by atoms with Crippen molar-refractivity contribution in [1.82, 2.24) is 5.32 Å². The second kappa shape index (κ2) is 4.98. The summed E-state index contributed by atoms with van der Waals surface area (Å²) in [5.41, 5.74) is 0. The molecule has 1 aliphatic heterocycles. The van der Waals surface area contributed by atoms with Crippen LogP contribution in [0.5, 0.6) is 0 Å². The van der Waals surface area contributed by atoms with Crippen molar-refractivity contribution >= 4 is 22.4 Å². The molecule has 0 spiro atoms. The van der Waals surface area contributed by atoms with Gasteiger partial charge >= 0.3 is 0 Å². The standard InChI is InChI=1S/C5H12N2O3S.ClH/c6-11(8,9)5-3-7-1-2-10-4-5;/h5,7H,1-4H2,(H2,6,8,9);1H. The summed E-state index contributed by atoms with van der Waals surface area (Å²) in [7, 11) is -3.44. The summed E-state index contributed by atoms with van der Waals surface area (Å²) in [4.78, 5) is 0. The van der Waals surface area contributed by atoms with E-state index in [4.69, 9.17) is 9.88 Å². The highest BCUT2D eigenvalue weighted by Gasteiger charge is 2.22. The van der Waals surface area contributed by atoms with Crippen LogP contribution in [0.1, 0.15) is 0 Å². The lowest BCUT2D eigenvalue weighted by molar-refractivity contribution is 0.152. The first-order valence-corrected chi connectivity index (χ1v) is 5.02. The largest absolute Gasteiger partial charge is 0.379 e. The molecule has 1 aliphatic rings. The van der Waals surface area contributed by atoms with Crippen LogP contribution in [0.2, 0.25) is 0 Å². The van der Waals surface area contributed by atoms with Gasteiger partial charge in [-0.05, 0) is 0 Å². The van der Waals surface area contributed by atoms with Crippen LogP contribution < -0.4 is 10.5 Å². The molecule has 74 valence electrons. The third-order valence-electron chi connectivity index (χ3n) is 1.56. The Morgan fingerprint density at radius 3 is 2.75 bits per heavy atom. The van der Waals surface area contributed by atoms with Crippen molar-refractivity contribution in [2.24, 2.45) is 5.14 Å². The first kappa shape index (κ1) is 12.1. The predicted molar refractivity (Wildman–Crippen MR) is 47.8 cm³/mol. The van der Waals surface area contributed by atoms with E-state index in [2.05, 4.69) is 5.32 Å². The van der Waals surface area contributed by atoms with Gasteiger partial charge in [0.25, 0.3) is 0 Å². The number of nitrogens with one attached hydrogen (secondary N) is 1. The van der Waals surface area contributed by atoms with E-state index >= 15 is 0 Å². The summed E-state index contributed by atoms with van der Waals surface area (Å²) in [5.74, 6) is 0. The van der Waals surface area contributed by atoms with Crippen molar-refractivity contribution in [2.45, 2.75) is 5.25 Å². The molecular formula is C5H13ClN2O3S. The molecule has 12 heavy (non-hydrogen) atoms. The number of halogens is 1. The molecule has 5 nitrogen and oxygen atoms in total. The van der Waals surface area contributed by atoms with Crippen LogP contribution in [0.15, 0.2) is 0 Å².